The minimum absolute atomic E-state index is 0.248. The highest BCUT2D eigenvalue weighted by molar-refractivity contribution is 9.09. The first-order valence-electron chi connectivity index (χ1n) is 5.18. The van der Waals surface area contributed by atoms with Crippen molar-refractivity contribution in [1.29, 1.82) is 0 Å². The fourth-order valence-electron chi connectivity index (χ4n) is 1.48. The Balaban J connectivity index is 1.97. The van der Waals surface area contributed by atoms with Gasteiger partial charge in [-0.15, -0.1) is 5.10 Å². The number of halogens is 1. The van der Waals surface area contributed by atoms with Crippen LogP contribution in [0.2, 0.25) is 0 Å². The smallest absolute Gasteiger partial charge is 0.0960 e. The highest BCUT2D eigenvalue weighted by Gasteiger charge is 2.06. The third-order valence-corrected chi connectivity index (χ3v) is 2.95. The van der Waals surface area contributed by atoms with Crippen LogP contribution in [0.3, 0.4) is 0 Å². The molecule has 0 N–H and O–H groups in total. The summed E-state index contributed by atoms with van der Waals surface area (Å²) in [5.41, 5.74) is 2.16. The highest BCUT2D eigenvalue weighted by atomic mass is 79.9. The Labute approximate surface area is 103 Å². The lowest BCUT2D eigenvalue weighted by Gasteiger charge is -2.01. The van der Waals surface area contributed by atoms with E-state index in [-0.39, 0.29) is 4.83 Å². The zero-order valence-electron chi connectivity index (χ0n) is 9.34. The highest BCUT2D eigenvalue weighted by Crippen LogP contribution is 2.18. The first kappa shape index (κ1) is 11.3. The van der Waals surface area contributed by atoms with Gasteiger partial charge in [-0.05, 0) is 13.0 Å². The average Bonchev–Trinajstić information content (AvgIpc) is 2.83. The first-order valence-corrected chi connectivity index (χ1v) is 6.09. The van der Waals surface area contributed by atoms with Crippen molar-refractivity contribution < 1.29 is 0 Å². The predicted molar refractivity (Wildman–Crippen MR) is 64.3 cm³/mol. The van der Waals surface area contributed by atoms with E-state index in [1.54, 1.807) is 0 Å². The largest absolute Gasteiger partial charge is 0.273 e. The fraction of sp³-hybridized carbons (Fsp3) is 0.500. The summed E-state index contributed by atoms with van der Waals surface area (Å²) in [5.74, 6) is 0. The normalized spacial score (nSPS) is 12.9. The van der Waals surface area contributed by atoms with E-state index in [1.165, 1.54) is 5.69 Å². The van der Waals surface area contributed by atoms with Gasteiger partial charge in [0.25, 0.3) is 0 Å². The molecule has 0 aromatic carbocycles. The van der Waals surface area contributed by atoms with Gasteiger partial charge in [0.2, 0.25) is 0 Å². The van der Waals surface area contributed by atoms with Gasteiger partial charge in [0, 0.05) is 38.1 Å². The second-order valence-electron chi connectivity index (χ2n) is 3.72. The SMILES string of the molecule is CC(Br)c1cn(CCc2ccnn2C)nn1. The number of hydrogen-bond donors (Lipinski definition) is 0. The molecule has 0 radical (unpaired) electrons. The van der Waals surface area contributed by atoms with Crippen molar-refractivity contribution in [2.75, 3.05) is 0 Å². The van der Waals surface area contributed by atoms with Crippen LogP contribution < -0.4 is 0 Å². The Bertz CT molecular complexity index is 459. The van der Waals surface area contributed by atoms with Crippen LogP contribution in [-0.2, 0) is 20.0 Å². The van der Waals surface area contributed by atoms with Gasteiger partial charge in [-0.2, -0.15) is 5.10 Å². The van der Waals surface area contributed by atoms with E-state index in [2.05, 4.69) is 31.3 Å². The molecule has 0 aliphatic carbocycles. The Morgan fingerprint density at radius 2 is 2.31 bits per heavy atom. The third kappa shape index (κ3) is 2.49. The topological polar surface area (TPSA) is 48.5 Å². The van der Waals surface area contributed by atoms with Crippen LogP contribution >= 0.6 is 15.9 Å². The maximum absolute atomic E-state index is 4.13. The summed E-state index contributed by atoms with van der Waals surface area (Å²) in [6.07, 6.45) is 4.69. The van der Waals surface area contributed by atoms with Crippen molar-refractivity contribution in [1.82, 2.24) is 24.8 Å². The van der Waals surface area contributed by atoms with E-state index in [4.69, 9.17) is 0 Å². The summed E-state index contributed by atoms with van der Waals surface area (Å²) in [4.78, 5) is 0.248. The lowest BCUT2D eigenvalue weighted by atomic mass is 10.3. The maximum Gasteiger partial charge on any atom is 0.0960 e. The van der Waals surface area contributed by atoms with Gasteiger partial charge >= 0.3 is 0 Å². The maximum atomic E-state index is 4.13. The summed E-state index contributed by atoms with van der Waals surface area (Å²) in [7, 11) is 1.95. The number of aryl methyl sites for hydroxylation is 3. The molecule has 2 rings (SSSR count). The molecule has 0 spiro atoms. The molecule has 1 atom stereocenters. The van der Waals surface area contributed by atoms with Crippen molar-refractivity contribution in [3.8, 4) is 0 Å². The van der Waals surface area contributed by atoms with E-state index < -0.39 is 0 Å². The van der Waals surface area contributed by atoms with E-state index in [1.807, 2.05) is 41.8 Å². The molecule has 86 valence electrons. The van der Waals surface area contributed by atoms with Crippen molar-refractivity contribution in [2.45, 2.75) is 24.7 Å². The van der Waals surface area contributed by atoms with Gasteiger partial charge in [0.05, 0.1) is 10.5 Å². The van der Waals surface area contributed by atoms with Gasteiger partial charge in [-0.3, -0.25) is 9.36 Å². The molecule has 2 aromatic rings. The Hall–Kier alpha value is -1.17. The van der Waals surface area contributed by atoms with Crippen molar-refractivity contribution in [3.63, 3.8) is 0 Å². The summed E-state index contributed by atoms with van der Waals surface area (Å²) < 4.78 is 3.74. The molecular formula is C10H14BrN5. The predicted octanol–water partition coefficient (Wildman–Crippen LogP) is 1.71. The lowest BCUT2D eigenvalue weighted by molar-refractivity contribution is 0.567. The Morgan fingerprint density at radius 3 is 2.88 bits per heavy atom. The molecule has 0 fully saturated rings. The van der Waals surface area contributed by atoms with Gasteiger partial charge in [0.15, 0.2) is 0 Å². The molecule has 0 saturated carbocycles. The molecule has 0 bridgehead atoms. The number of alkyl halides is 1. The quantitative estimate of drug-likeness (QED) is 0.803. The molecule has 2 heterocycles. The second-order valence-corrected chi connectivity index (χ2v) is 5.09. The molecule has 0 aliphatic rings. The number of nitrogens with zero attached hydrogens (tertiary/aromatic N) is 5. The van der Waals surface area contributed by atoms with Crippen LogP contribution in [0.25, 0.3) is 0 Å². The number of rotatable bonds is 4. The van der Waals surface area contributed by atoms with Crippen LogP contribution in [-0.4, -0.2) is 24.8 Å². The van der Waals surface area contributed by atoms with E-state index in [0.717, 1.165) is 18.7 Å². The van der Waals surface area contributed by atoms with Gasteiger partial charge in [-0.25, -0.2) is 0 Å². The van der Waals surface area contributed by atoms with Crippen LogP contribution in [0.5, 0.6) is 0 Å². The van der Waals surface area contributed by atoms with Gasteiger partial charge in [0.1, 0.15) is 0 Å². The zero-order chi connectivity index (χ0) is 11.5. The van der Waals surface area contributed by atoms with E-state index in [0.29, 0.717) is 0 Å². The van der Waals surface area contributed by atoms with Crippen LogP contribution in [0.4, 0.5) is 0 Å². The van der Waals surface area contributed by atoms with Crippen molar-refractivity contribution in [2.24, 2.45) is 7.05 Å². The molecule has 2 aromatic heterocycles. The number of aromatic nitrogens is 5. The zero-order valence-corrected chi connectivity index (χ0v) is 10.9. The summed E-state index contributed by atoms with van der Waals surface area (Å²) in [5, 5.41) is 12.3. The average molecular weight is 284 g/mol. The van der Waals surface area contributed by atoms with E-state index in [9.17, 15) is 0 Å². The molecule has 0 aliphatic heterocycles. The van der Waals surface area contributed by atoms with Crippen molar-refractivity contribution >= 4 is 15.9 Å². The van der Waals surface area contributed by atoms with Crippen molar-refractivity contribution in [3.05, 3.63) is 29.8 Å². The molecule has 16 heavy (non-hydrogen) atoms. The summed E-state index contributed by atoms with van der Waals surface area (Å²) in [6, 6.07) is 2.02. The Morgan fingerprint density at radius 1 is 1.50 bits per heavy atom. The standard InChI is InChI=1S/C10H14BrN5/c1-8(11)10-7-16(14-13-10)6-4-9-3-5-12-15(9)2/h3,5,7-8H,4,6H2,1-2H3. The lowest BCUT2D eigenvalue weighted by Crippen LogP contribution is -2.06. The monoisotopic (exact) mass is 283 g/mol. The third-order valence-electron chi connectivity index (χ3n) is 2.48. The van der Waals surface area contributed by atoms with E-state index >= 15 is 0 Å². The molecule has 0 amide bonds. The molecule has 5 nitrogen and oxygen atoms in total. The molecule has 1 unspecified atom stereocenters. The minimum atomic E-state index is 0.248. The fourth-order valence-corrected chi connectivity index (χ4v) is 1.69. The molecule has 6 heteroatoms. The second kappa shape index (κ2) is 4.78. The number of hydrogen-bond acceptors (Lipinski definition) is 3. The van der Waals surface area contributed by atoms with Gasteiger partial charge < -0.3 is 0 Å². The van der Waals surface area contributed by atoms with Crippen LogP contribution in [0.1, 0.15) is 23.1 Å². The minimum Gasteiger partial charge on any atom is -0.273 e. The summed E-state index contributed by atoms with van der Waals surface area (Å²) >= 11 is 3.47. The van der Waals surface area contributed by atoms with Gasteiger partial charge in [-0.1, -0.05) is 21.1 Å². The Kier molecular flexibility index (Phi) is 3.38. The molecular weight excluding hydrogens is 270 g/mol. The van der Waals surface area contributed by atoms with Crippen LogP contribution in [0, 0.1) is 0 Å². The summed E-state index contributed by atoms with van der Waals surface area (Å²) in [6.45, 7) is 2.86. The molecule has 0 saturated heterocycles. The first-order chi connectivity index (χ1) is 7.66. The van der Waals surface area contributed by atoms with Crippen LogP contribution in [0.15, 0.2) is 18.5 Å².